The van der Waals surface area contributed by atoms with Gasteiger partial charge in [0.2, 0.25) is 0 Å². The lowest BCUT2D eigenvalue weighted by molar-refractivity contribution is 0.0118. The molecule has 0 amide bonds. The summed E-state index contributed by atoms with van der Waals surface area (Å²) in [7, 11) is 0. The zero-order valence-corrected chi connectivity index (χ0v) is 15.4. The fourth-order valence-electron chi connectivity index (χ4n) is 3.39. The Kier molecular flexibility index (Phi) is 5.50. The van der Waals surface area contributed by atoms with Gasteiger partial charge in [0.05, 0.1) is 5.60 Å². The van der Waals surface area contributed by atoms with Crippen LogP contribution < -0.4 is 10.5 Å². The second-order valence-corrected chi connectivity index (χ2v) is 7.23. The van der Waals surface area contributed by atoms with Gasteiger partial charge in [0.15, 0.2) is 0 Å². The highest BCUT2D eigenvalue weighted by Crippen LogP contribution is 2.34. The van der Waals surface area contributed by atoms with E-state index in [1.54, 1.807) is 10.6 Å². The van der Waals surface area contributed by atoms with E-state index in [0.717, 1.165) is 43.7 Å². The molecule has 0 atom stereocenters. The van der Waals surface area contributed by atoms with E-state index >= 15 is 0 Å². The number of anilines is 1. The SMILES string of the molecule is CCCCn1ccc(N2CCC(O)(c3ccc(Cl)cc3)CC2)cc1=O. The van der Waals surface area contributed by atoms with E-state index in [9.17, 15) is 9.90 Å². The lowest BCUT2D eigenvalue weighted by atomic mass is 9.84. The van der Waals surface area contributed by atoms with Crippen LogP contribution >= 0.6 is 11.6 Å². The quantitative estimate of drug-likeness (QED) is 0.882. The van der Waals surface area contributed by atoms with Crippen LogP contribution in [0.4, 0.5) is 5.69 Å². The highest BCUT2D eigenvalue weighted by Gasteiger charge is 2.34. The number of hydrogen-bond acceptors (Lipinski definition) is 3. The van der Waals surface area contributed by atoms with E-state index in [-0.39, 0.29) is 5.56 Å². The third-order valence-electron chi connectivity index (χ3n) is 5.07. The van der Waals surface area contributed by atoms with E-state index in [1.807, 2.05) is 36.5 Å². The van der Waals surface area contributed by atoms with Gasteiger partial charge in [0.25, 0.3) is 5.56 Å². The Morgan fingerprint density at radius 1 is 1.16 bits per heavy atom. The average molecular weight is 361 g/mol. The van der Waals surface area contributed by atoms with Crippen molar-refractivity contribution in [2.75, 3.05) is 18.0 Å². The number of rotatable bonds is 5. The summed E-state index contributed by atoms with van der Waals surface area (Å²) < 4.78 is 1.76. The summed E-state index contributed by atoms with van der Waals surface area (Å²) in [4.78, 5) is 14.4. The predicted molar refractivity (Wildman–Crippen MR) is 102 cm³/mol. The van der Waals surface area contributed by atoms with Crippen LogP contribution in [0.15, 0.2) is 47.4 Å². The molecule has 0 radical (unpaired) electrons. The van der Waals surface area contributed by atoms with Crippen molar-refractivity contribution in [1.29, 1.82) is 0 Å². The highest BCUT2D eigenvalue weighted by molar-refractivity contribution is 6.30. The minimum absolute atomic E-state index is 0.0458. The van der Waals surface area contributed by atoms with Crippen molar-refractivity contribution >= 4 is 17.3 Å². The number of pyridine rings is 1. The van der Waals surface area contributed by atoms with E-state index in [4.69, 9.17) is 11.6 Å². The molecule has 2 heterocycles. The topological polar surface area (TPSA) is 45.5 Å². The number of hydrogen-bond donors (Lipinski definition) is 1. The summed E-state index contributed by atoms with van der Waals surface area (Å²) in [6, 6.07) is 11.1. The van der Waals surface area contributed by atoms with Crippen molar-refractivity contribution in [2.24, 2.45) is 0 Å². The van der Waals surface area contributed by atoms with Gasteiger partial charge in [-0.3, -0.25) is 4.79 Å². The standard InChI is InChI=1S/C20H25ClN2O2/c1-2-3-11-23-12-8-18(15-19(23)24)22-13-9-20(25,10-14-22)16-4-6-17(21)7-5-16/h4-8,12,15,25H,2-3,9-11,13-14H2,1H3. The van der Waals surface area contributed by atoms with Crippen LogP contribution in [0.1, 0.15) is 38.2 Å². The fraction of sp³-hybridized carbons (Fsp3) is 0.450. The number of aliphatic hydroxyl groups is 1. The molecule has 25 heavy (non-hydrogen) atoms. The zero-order valence-electron chi connectivity index (χ0n) is 14.6. The smallest absolute Gasteiger partial charge is 0.252 e. The first kappa shape index (κ1) is 18.0. The Hall–Kier alpha value is -1.78. The molecule has 2 aromatic rings. The van der Waals surface area contributed by atoms with Crippen LogP contribution in [0.5, 0.6) is 0 Å². The first-order valence-electron chi connectivity index (χ1n) is 8.96. The fourth-order valence-corrected chi connectivity index (χ4v) is 3.52. The Bertz CT molecular complexity index is 762. The van der Waals surface area contributed by atoms with E-state index in [0.29, 0.717) is 17.9 Å². The van der Waals surface area contributed by atoms with Gasteiger partial charge in [-0.2, -0.15) is 0 Å². The molecule has 0 aliphatic carbocycles. The molecule has 4 nitrogen and oxygen atoms in total. The molecule has 1 aromatic carbocycles. The number of halogens is 1. The largest absolute Gasteiger partial charge is 0.385 e. The van der Waals surface area contributed by atoms with Crippen LogP contribution in [0, 0.1) is 0 Å². The van der Waals surface area contributed by atoms with Crippen molar-refractivity contribution in [3.63, 3.8) is 0 Å². The van der Waals surface area contributed by atoms with E-state index in [1.165, 1.54) is 0 Å². The minimum Gasteiger partial charge on any atom is -0.385 e. The second-order valence-electron chi connectivity index (χ2n) is 6.80. The average Bonchev–Trinajstić information content (AvgIpc) is 2.62. The van der Waals surface area contributed by atoms with Crippen molar-refractivity contribution in [2.45, 2.75) is 44.8 Å². The van der Waals surface area contributed by atoms with Crippen LogP contribution in [-0.2, 0) is 12.1 Å². The Balaban J connectivity index is 1.68. The van der Waals surface area contributed by atoms with E-state index in [2.05, 4.69) is 11.8 Å². The van der Waals surface area contributed by atoms with Gasteiger partial charge < -0.3 is 14.6 Å². The van der Waals surface area contributed by atoms with Gasteiger partial charge in [-0.05, 0) is 43.0 Å². The number of nitrogens with zero attached hydrogens (tertiary/aromatic N) is 2. The molecule has 1 aliphatic rings. The summed E-state index contributed by atoms with van der Waals surface area (Å²) in [6.45, 7) is 4.33. The van der Waals surface area contributed by atoms with Crippen molar-refractivity contribution in [3.8, 4) is 0 Å². The van der Waals surface area contributed by atoms with Gasteiger partial charge in [-0.25, -0.2) is 0 Å². The highest BCUT2D eigenvalue weighted by atomic mass is 35.5. The van der Waals surface area contributed by atoms with Gasteiger partial charge in [-0.1, -0.05) is 37.1 Å². The summed E-state index contributed by atoms with van der Waals surface area (Å²) in [5.74, 6) is 0. The molecule has 0 saturated carbocycles. The lowest BCUT2D eigenvalue weighted by Gasteiger charge is -2.39. The Labute approximate surface area is 153 Å². The first-order valence-corrected chi connectivity index (χ1v) is 9.33. The molecule has 3 rings (SSSR count). The summed E-state index contributed by atoms with van der Waals surface area (Å²) in [6.07, 6.45) is 5.23. The second kappa shape index (κ2) is 7.63. The molecular formula is C20H25ClN2O2. The van der Waals surface area contributed by atoms with Crippen LogP contribution in [0.2, 0.25) is 5.02 Å². The third-order valence-corrected chi connectivity index (χ3v) is 5.32. The van der Waals surface area contributed by atoms with Crippen LogP contribution in [0.3, 0.4) is 0 Å². The number of piperidine rings is 1. The minimum atomic E-state index is -0.822. The number of benzene rings is 1. The van der Waals surface area contributed by atoms with Crippen LogP contribution in [-0.4, -0.2) is 22.8 Å². The molecule has 1 fully saturated rings. The van der Waals surface area contributed by atoms with Gasteiger partial charge in [0.1, 0.15) is 0 Å². The maximum absolute atomic E-state index is 12.2. The molecule has 1 aromatic heterocycles. The van der Waals surface area contributed by atoms with Crippen molar-refractivity contribution < 1.29 is 5.11 Å². The van der Waals surface area contributed by atoms with Crippen LogP contribution in [0.25, 0.3) is 0 Å². The van der Waals surface area contributed by atoms with Gasteiger partial charge in [-0.15, -0.1) is 0 Å². The normalized spacial score (nSPS) is 16.8. The number of aromatic nitrogens is 1. The first-order chi connectivity index (χ1) is 12.0. The van der Waals surface area contributed by atoms with Crippen molar-refractivity contribution in [1.82, 2.24) is 4.57 Å². The Morgan fingerprint density at radius 2 is 1.84 bits per heavy atom. The van der Waals surface area contributed by atoms with Crippen molar-refractivity contribution in [3.05, 3.63) is 63.5 Å². The maximum Gasteiger partial charge on any atom is 0.252 e. The molecule has 1 N–H and O–H groups in total. The molecule has 0 unspecified atom stereocenters. The molecule has 134 valence electrons. The monoisotopic (exact) mass is 360 g/mol. The number of aryl methyl sites for hydroxylation is 1. The molecular weight excluding hydrogens is 336 g/mol. The molecule has 0 spiro atoms. The molecule has 5 heteroatoms. The summed E-state index contributed by atoms with van der Waals surface area (Å²) in [5.41, 5.74) is 1.07. The predicted octanol–water partition coefficient (Wildman–Crippen LogP) is 3.79. The zero-order chi connectivity index (χ0) is 17.9. The lowest BCUT2D eigenvalue weighted by Crippen LogP contribution is -2.43. The third kappa shape index (κ3) is 4.07. The van der Waals surface area contributed by atoms with Gasteiger partial charge in [0, 0.05) is 42.6 Å². The van der Waals surface area contributed by atoms with Gasteiger partial charge >= 0.3 is 0 Å². The number of unbranched alkanes of at least 4 members (excludes halogenated alkanes) is 1. The molecule has 1 saturated heterocycles. The van der Waals surface area contributed by atoms with E-state index < -0.39 is 5.60 Å². The summed E-state index contributed by atoms with van der Waals surface area (Å²) >= 11 is 5.94. The molecule has 0 bridgehead atoms. The summed E-state index contributed by atoms with van der Waals surface area (Å²) in [5, 5.41) is 11.6. The maximum atomic E-state index is 12.2. The molecule has 1 aliphatic heterocycles. The Morgan fingerprint density at radius 3 is 2.44 bits per heavy atom.